The Morgan fingerprint density at radius 3 is 2.05 bits per heavy atom. The molecule has 6 aromatic rings. The lowest BCUT2D eigenvalue weighted by atomic mass is 9.64. The average Bonchev–Trinajstić information content (AvgIpc) is 1.84. The van der Waals surface area contributed by atoms with Crippen molar-refractivity contribution in [2.45, 2.75) is 55.6 Å². The van der Waals surface area contributed by atoms with Crippen LogP contribution in [0.15, 0.2) is 140 Å². The average molecular weight is 1110 g/mol. The number of nitro benzene ring substituents is 1. The number of hydrogen-bond donors (Lipinski definition) is 1. The van der Waals surface area contributed by atoms with E-state index in [0.29, 0.717) is 45.9 Å². The van der Waals surface area contributed by atoms with Crippen molar-refractivity contribution in [3.8, 4) is 29.1 Å². The zero-order valence-corrected chi connectivity index (χ0v) is 45.1. The Morgan fingerprint density at radius 1 is 0.780 bits per heavy atom. The molecule has 6 atom stereocenters. The number of nitro groups is 1. The molecule has 0 aromatic heterocycles. The van der Waals surface area contributed by atoms with Gasteiger partial charge in [-0.1, -0.05) is 84.6 Å². The molecule has 0 bridgehead atoms. The number of fused-ring (bicyclic) bond motifs is 4. The number of hydrogen-bond acceptors (Lipinski definition) is 17. The van der Waals surface area contributed by atoms with Crippen LogP contribution in [0.4, 0.5) is 16.2 Å². The molecule has 3 amide bonds. The van der Waals surface area contributed by atoms with E-state index in [-0.39, 0.29) is 55.2 Å². The van der Waals surface area contributed by atoms with E-state index in [0.717, 1.165) is 30.2 Å². The molecule has 1 spiro atoms. The fourth-order valence-corrected chi connectivity index (χ4v) is 11.8. The monoisotopic (exact) mass is 1110 g/mol. The number of esters is 3. The molecule has 20 heteroatoms. The van der Waals surface area contributed by atoms with E-state index in [1.54, 1.807) is 41.3 Å². The van der Waals surface area contributed by atoms with Gasteiger partial charge in [-0.05, 0) is 100.0 Å². The number of rotatable bonds is 15. The predicted molar refractivity (Wildman–Crippen MR) is 292 cm³/mol. The lowest BCUT2D eigenvalue weighted by Crippen LogP contribution is -2.57. The number of non-ortho nitro benzene ring substituents is 1. The molecule has 4 aliphatic rings. The van der Waals surface area contributed by atoms with Crippen molar-refractivity contribution in [1.29, 1.82) is 0 Å². The predicted octanol–water partition coefficient (Wildman–Crippen LogP) is 7.27. The molecule has 2 saturated heterocycles. The number of cyclic esters (lactones) is 1. The Labute approximate surface area is 471 Å². The molecule has 0 saturated carbocycles. The molecule has 2 fully saturated rings. The van der Waals surface area contributed by atoms with E-state index in [2.05, 4.69) is 11.8 Å². The van der Waals surface area contributed by atoms with Gasteiger partial charge in [-0.15, -0.1) is 0 Å². The maximum absolute atomic E-state index is 17.0. The highest BCUT2D eigenvalue weighted by atomic mass is 16.6. The van der Waals surface area contributed by atoms with Crippen LogP contribution in [0.5, 0.6) is 17.2 Å². The molecule has 0 radical (unpaired) electrons. The van der Waals surface area contributed by atoms with Crippen LogP contribution in [0.25, 0.3) is 0 Å². The van der Waals surface area contributed by atoms with Gasteiger partial charge in [0.15, 0.2) is 17.4 Å². The molecule has 82 heavy (non-hydrogen) atoms. The Bertz CT molecular complexity index is 3500. The normalized spacial score (nSPS) is 20.6. The van der Waals surface area contributed by atoms with Gasteiger partial charge in [0.2, 0.25) is 11.8 Å². The number of carbonyl (C=O) groups excluding carboxylic acids is 6. The lowest BCUT2D eigenvalue weighted by molar-refractivity contribution is -0.384. The molecule has 10 rings (SSSR count). The van der Waals surface area contributed by atoms with Crippen LogP contribution in [0.2, 0.25) is 0 Å². The number of aliphatic hydroxyl groups excluding tert-OH is 1. The van der Waals surface area contributed by atoms with Crippen molar-refractivity contribution >= 4 is 47.2 Å². The van der Waals surface area contributed by atoms with Gasteiger partial charge < -0.3 is 43.2 Å². The van der Waals surface area contributed by atoms with Crippen molar-refractivity contribution in [2.75, 3.05) is 53.1 Å². The molecular formula is C62H56N4O16. The second-order valence-electron chi connectivity index (χ2n) is 19.8. The minimum Gasteiger partial charge on any atom is -0.493 e. The van der Waals surface area contributed by atoms with Gasteiger partial charge in [-0.25, -0.2) is 9.69 Å². The number of amides is 3. The first-order valence-corrected chi connectivity index (χ1v) is 26.3. The molecule has 4 aliphatic heterocycles. The quantitative estimate of drug-likeness (QED) is 0.0265. The van der Waals surface area contributed by atoms with Crippen LogP contribution in [-0.4, -0.2) is 110 Å². The maximum atomic E-state index is 17.0. The first-order valence-electron chi connectivity index (χ1n) is 26.3. The van der Waals surface area contributed by atoms with Crippen molar-refractivity contribution < 1.29 is 72.0 Å². The van der Waals surface area contributed by atoms with E-state index in [1.807, 2.05) is 71.6 Å². The van der Waals surface area contributed by atoms with Crippen molar-refractivity contribution in [3.63, 3.8) is 0 Å². The summed E-state index contributed by atoms with van der Waals surface area (Å²) in [6, 6.07) is 34.8. The summed E-state index contributed by atoms with van der Waals surface area (Å²) in [4.78, 5) is 105. The smallest absolute Gasteiger partial charge is 0.421 e. The summed E-state index contributed by atoms with van der Waals surface area (Å²) in [5, 5.41) is 21.3. The number of methoxy groups -OCH3 is 4. The highest BCUT2D eigenvalue weighted by Gasteiger charge is 2.76. The van der Waals surface area contributed by atoms with Gasteiger partial charge in [-0.2, -0.15) is 0 Å². The van der Waals surface area contributed by atoms with Gasteiger partial charge in [0, 0.05) is 37.2 Å². The van der Waals surface area contributed by atoms with Crippen molar-refractivity contribution in [2.24, 2.45) is 11.8 Å². The van der Waals surface area contributed by atoms with Crippen LogP contribution in [0.3, 0.4) is 0 Å². The first-order chi connectivity index (χ1) is 39.8. The summed E-state index contributed by atoms with van der Waals surface area (Å²) in [6.45, 7) is -0.626. The Hall–Kier alpha value is -9.58. The van der Waals surface area contributed by atoms with Crippen LogP contribution < -0.4 is 19.1 Å². The minimum atomic E-state index is -2.26. The van der Waals surface area contributed by atoms with Gasteiger partial charge >= 0.3 is 24.0 Å². The van der Waals surface area contributed by atoms with Crippen LogP contribution in [0.1, 0.15) is 69.1 Å². The largest absolute Gasteiger partial charge is 0.493 e. The standard InChI is InChI=1S/C62H56N4O16/c1-76-49-33-42-28-29-63(35-43(42)34-50(49)77-2)56(68)51-53-59(71)82-54(40-15-9-6-10-16-40)52(39-13-7-5-8-14-39)65(53)55(41-21-25-45(26-22-41)80-31-30-67)62(51)47-32-37(12-11-17-46(57(69)78-3)58(70)79-4)20-27-48(47)64(60(62)72)61(73)81-36-38-18-23-44(24-19-38)66(74)75/h5-10,13-16,18-27,32-34,46,51-55,67H,17,28-31,35-36H2,1-4H3/t51-,52-,53-,54+,55+,62-/m1/s1. The number of morpholine rings is 1. The Kier molecular flexibility index (Phi) is 16.1. The number of ether oxygens (including phenoxy) is 7. The second-order valence-corrected chi connectivity index (χ2v) is 19.8. The molecule has 420 valence electrons. The van der Waals surface area contributed by atoms with Gasteiger partial charge in [0.1, 0.15) is 36.5 Å². The Balaban J connectivity index is 1.24. The summed E-state index contributed by atoms with van der Waals surface area (Å²) in [6.07, 6.45) is -2.21. The number of imide groups is 1. The molecule has 0 aliphatic carbocycles. The van der Waals surface area contributed by atoms with Gasteiger partial charge in [0.25, 0.3) is 5.69 Å². The topological polar surface area (TPSA) is 240 Å². The Morgan fingerprint density at radius 2 is 1.43 bits per heavy atom. The molecule has 6 aromatic carbocycles. The zero-order chi connectivity index (χ0) is 57.8. The zero-order valence-electron chi connectivity index (χ0n) is 45.1. The maximum Gasteiger partial charge on any atom is 0.421 e. The van der Waals surface area contributed by atoms with E-state index in [9.17, 15) is 24.8 Å². The van der Waals surface area contributed by atoms with Crippen molar-refractivity contribution in [3.05, 3.63) is 194 Å². The molecule has 4 heterocycles. The molecular weight excluding hydrogens is 1060 g/mol. The number of carbonyl (C=O) groups is 6. The van der Waals surface area contributed by atoms with Gasteiger partial charge in [0.05, 0.1) is 63.7 Å². The van der Waals surface area contributed by atoms with E-state index < -0.39 is 88.8 Å². The minimum absolute atomic E-state index is 0.00823. The van der Waals surface area contributed by atoms with Crippen molar-refractivity contribution in [1.82, 2.24) is 9.80 Å². The summed E-state index contributed by atoms with van der Waals surface area (Å²) >= 11 is 0. The highest BCUT2D eigenvalue weighted by molar-refractivity contribution is 6.23. The second kappa shape index (κ2) is 23.6. The van der Waals surface area contributed by atoms with E-state index in [4.69, 9.17) is 33.2 Å². The number of benzene rings is 6. The first kappa shape index (κ1) is 55.7. The third kappa shape index (κ3) is 10.1. The number of anilines is 1. The summed E-state index contributed by atoms with van der Waals surface area (Å²) in [5.41, 5.74) is 1.50. The van der Waals surface area contributed by atoms with E-state index >= 15 is 19.2 Å². The molecule has 0 unspecified atom stereocenters. The number of aliphatic hydroxyl groups is 1. The molecule has 20 nitrogen and oxygen atoms in total. The van der Waals surface area contributed by atoms with E-state index in [1.165, 1.54) is 50.6 Å². The lowest BCUT2D eigenvalue weighted by Gasteiger charge is -2.46. The van der Waals surface area contributed by atoms with Gasteiger partial charge in [-0.3, -0.25) is 39.0 Å². The summed E-state index contributed by atoms with van der Waals surface area (Å²) in [5.74, 6) is -0.0725. The third-order valence-corrected chi connectivity index (χ3v) is 15.5. The summed E-state index contributed by atoms with van der Waals surface area (Å²) < 4.78 is 39.5. The SMILES string of the molecule is COC(=O)C(CC#Cc1ccc2c(c1)[C@]1(C(=O)N2C(=O)OCc2ccc([N+](=O)[O-])cc2)[C@H](c2ccc(OCCO)cc2)N2[C@H](c3ccccc3)[C@H](c3ccccc3)OC(=O)[C@H]2[C@@H]1C(=O)N1CCc2cc(OC)c(OC)cc2C1)C(=O)OC. The van der Waals surface area contributed by atoms with Crippen LogP contribution in [-0.2, 0) is 67.9 Å². The fourth-order valence-electron chi connectivity index (χ4n) is 11.8. The summed E-state index contributed by atoms with van der Waals surface area (Å²) in [7, 11) is 5.28. The number of nitrogens with zero attached hydrogens (tertiary/aromatic N) is 4. The fraction of sp³-hybridized carbons (Fsp3) is 0.290. The highest BCUT2D eigenvalue weighted by Crippen LogP contribution is 2.66. The third-order valence-electron chi connectivity index (χ3n) is 15.5. The molecule has 1 N–H and O–H groups in total. The van der Waals surface area contributed by atoms with Crippen LogP contribution >= 0.6 is 0 Å². The van der Waals surface area contributed by atoms with Crippen LogP contribution in [0, 0.1) is 33.8 Å².